The molecule has 0 aliphatic carbocycles. The number of hydrogen-bond donors (Lipinski definition) is 0. The van der Waals surface area contributed by atoms with Crippen molar-refractivity contribution in [3.63, 3.8) is 0 Å². The molecule has 1 unspecified atom stereocenters. The molecule has 1 amide bonds. The van der Waals surface area contributed by atoms with Crippen LogP contribution in [0.2, 0.25) is 0 Å². The van der Waals surface area contributed by atoms with Gasteiger partial charge in [0, 0.05) is 13.2 Å². The quantitative estimate of drug-likeness (QED) is 0.868. The monoisotopic (exact) mass is 294 g/mol. The van der Waals surface area contributed by atoms with Gasteiger partial charge in [-0.3, -0.25) is 9.78 Å². The lowest BCUT2D eigenvalue weighted by molar-refractivity contribution is -0.176. The molecule has 0 N–H and O–H groups in total. The van der Waals surface area contributed by atoms with Crippen LogP contribution in [0.15, 0.2) is 54.7 Å². The van der Waals surface area contributed by atoms with Crippen LogP contribution in [0.1, 0.15) is 22.1 Å². The fourth-order valence-corrected chi connectivity index (χ4v) is 2.05. The summed E-state index contributed by atoms with van der Waals surface area (Å²) in [7, 11) is 1.13. The number of alkyl halides is 3. The topological polar surface area (TPSA) is 33.2 Å². The van der Waals surface area contributed by atoms with E-state index in [0.29, 0.717) is 4.90 Å². The molecule has 6 heteroatoms. The van der Waals surface area contributed by atoms with Gasteiger partial charge in [0.1, 0.15) is 5.69 Å². The Morgan fingerprint density at radius 3 is 2.24 bits per heavy atom. The van der Waals surface area contributed by atoms with E-state index in [9.17, 15) is 18.0 Å². The molecule has 3 nitrogen and oxygen atoms in total. The maximum Gasteiger partial charge on any atom is 0.413 e. The summed E-state index contributed by atoms with van der Waals surface area (Å²) < 4.78 is 40.0. The number of aromatic nitrogens is 1. The first-order chi connectivity index (χ1) is 9.91. The van der Waals surface area contributed by atoms with Gasteiger partial charge in [0.2, 0.25) is 0 Å². The van der Waals surface area contributed by atoms with E-state index in [0.717, 1.165) is 7.05 Å². The van der Waals surface area contributed by atoms with Crippen molar-refractivity contribution >= 4 is 5.91 Å². The standard InChI is InChI=1S/C15H13F3N2O/c1-20(14(21)12-9-5-6-10-19-12)13(15(16,17)18)11-7-3-2-4-8-11/h2-10,13H,1H3. The van der Waals surface area contributed by atoms with Crippen molar-refractivity contribution in [1.82, 2.24) is 9.88 Å². The number of hydrogen-bond acceptors (Lipinski definition) is 2. The highest BCUT2D eigenvalue weighted by Gasteiger charge is 2.45. The van der Waals surface area contributed by atoms with Crippen LogP contribution in [0, 0.1) is 0 Å². The largest absolute Gasteiger partial charge is 0.413 e. The average Bonchev–Trinajstić information content (AvgIpc) is 2.47. The summed E-state index contributed by atoms with van der Waals surface area (Å²) in [4.78, 5) is 16.6. The fourth-order valence-electron chi connectivity index (χ4n) is 2.05. The van der Waals surface area contributed by atoms with Crippen LogP contribution in [0.25, 0.3) is 0 Å². The normalized spacial score (nSPS) is 12.8. The molecule has 1 aromatic heterocycles. The lowest BCUT2D eigenvalue weighted by atomic mass is 10.0. The number of pyridine rings is 1. The molecule has 21 heavy (non-hydrogen) atoms. The lowest BCUT2D eigenvalue weighted by Crippen LogP contribution is -2.40. The predicted molar refractivity (Wildman–Crippen MR) is 71.6 cm³/mol. The van der Waals surface area contributed by atoms with Crippen LogP contribution < -0.4 is 0 Å². The Morgan fingerprint density at radius 1 is 1.10 bits per heavy atom. The minimum absolute atomic E-state index is 0.0109. The zero-order chi connectivity index (χ0) is 15.5. The molecule has 2 rings (SSSR count). The molecular formula is C15H13F3N2O. The third-order valence-electron chi connectivity index (χ3n) is 3.02. The summed E-state index contributed by atoms with van der Waals surface area (Å²) in [5.41, 5.74) is -0.0121. The van der Waals surface area contributed by atoms with Crippen molar-refractivity contribution < 1.29 is 18.0 Å². The van der Waals surface area contributed by atoms with Crippen LogP contribution in [0.3, 0.4) is 0 Å². The van der Waals surface area contributed by atoms with Crippen LogP contribution in [-0.2, 0) is 0 Å². The molecule has 1 heterocycles. The molecule has 0 bridgehead atoms. The summed E-state index contributed by atoms with van der Waals surface area (Å²) in [6.45, 7) is 0. The van der Waals surface area contributed by atoms with Gasteiger partial charge in [0.05, 0.1) is 0 Å². The lowest BCUT2D eigenvalue weighted by Gasteiger charge is -2.30. The van der Waals surface area contributed by atoms with Gasteiger partial charge in [-0.05, 0) is 17.7 Å². The zero-order valence-electron chi connectivity index (χ0n) is 11.2. The summed E-state index contributed by atoms with van der Waals surface area (Å²) in [6, 6.07) is 9.86. The molecule has 0 aliphatic rings. The number of carbonyl (C=O) groups excluding carboxylic acids is 1. The van der Waals surface area contributed by atoms with Crippen LogP contribution in [0.4, 0.5) is 13.2 Å². The molecule has 0 fully saturated rings. The smallest absolute Gasteiger partial charge is 0.324 e. The summed E-state index contributed by atoms with van der Waals surface area (Å²) >= 11 is 0. The Morgan fingerprint density at radius 2 is 1.71 bits per heavy atom. The minimum atomic E-state index is -4.57. The van der Waals surface area contributed by atoms with Crippen molar-refractivity contribution in [3.8, 4) is 0 Å². The van der Waals surface area contributed by atoms with Gasteiger partial charge in [0.25, 0.3) is 5.91 Å². The first-order valence-corrected chi connectivity index (χ1v) is 6.21. The SMILES string of the molecule is CN(C(=O)c1ccccn1)C(c1ccccc1)C(F)(F)F. The number of amides is 1. The number of benzene rings is 1. The Balaban J connectivity index is 2.36. The first kappa shape index (κ1) is 15.0. The van der Waals surface area contributed by atoms with Gasteiger partial charge in [-0.15, -0.1) is 0 Å². The predicted octanol–water partition coefficient (Wildman–Crippen LogP) is 3.46. The third kappa shape index (κ3) is 3.39. The van der Waals surface area contributed by atoms with Gasteiger partial charge in [-0.1, -0.05) is 36.4 Å². The molecule has 0 radical (unpaired) electrons. The summed E-state index contributed by atoms with van der Waals surface area (Å²) in [5.74, 6) is -0.776. The Bertz CT molecular complexity index is 599. The maximum atomic E-state index is 13.3. The van der Waals surface area contributed by atoms with Crippen molar-refractivity contribution in [2.45, 2.75) is 12.2 Å². The second-order valence-electron chi connectivity index (χ2n) is 4.49. The Hall–Kier alpha value is -2.37. The van der Waals surface area contributed by atoms with E-state index >= 15 is 0 Å². The number of nitrogens with zero attached hydrogens (tertiary/aromatic N) is 2. The van der Waals surface area contributed by atoms with Gasteiger partial charge < -0.3 is 4.90 Å². The number of rotatable bonds is 3. The molecule has 0 saturated carbocycles. The third-order valence-corrected chi connectivity index (χ3v) is 3.02. The van der Waals surface area contributed by atoms with Gasteiger partial charge in [-0.25, -0.2) is 0 Å². The Kier molecular flexibility index (Phi) is 4.26. The van der Waals surface area contributed by atoms with Crippen molar-refractivity contribution in [1.29, 1.82) is 0 Å². The molecule has 0 saturated heterocycles. The van der Waals surface area contributed by atoms with Crippen molar-refractivity contribution in [2.24, 2.45) is 0 Å². The highest BCUT2D eigenvalue weighted by molar-refractivity contribution is 5.92. The second kappa shape index (κ2) is 5.95. The van der Waals surface area contributed by atoms with Crippen LogP contribution in [0.5, 0.6) is 0 Å². The second-order valence-corrected chi connectivity index (χ2v) is 4.49. The molecule has 0 spiro atoms. The van der Waals surface area contributed by atoms with E-state index in [1.807, 2.05) is 0 Å². The van der Waals surface area contributed by atoms with E-state index < -0.39 is 18.1 Å². The van der Waals surface area contributed by atoms with Crippen LogP contribution in [-0.4, -0.2) is 29.0 Å². The van der Waals surface area contributed by atoms with Gasteiger partial charge >= 0.3 is 6.18 Å². The van der Waals surface area contributed by atoms with Crippen molar-refractivity contribution in [2.75, 3.05) is 7.05 Å². The van der Waals surface area contributed by atoms with Gasteiger partial charge in [0.15, 0.2) is 6.04 Å². The minimum Gasteiger partial charge on any atom is -0.324 e. The van der Waals surface area contributed by atoms with E-state index in [4.69, 9.17) is 0 Å². The maximum absolute atomic E-state index is 13.3. The average molecular weight is 294 g/mol. The molecule has 2 aromatic rings. The van der Waals surface area contributed by atoms with E-state index in [-0.39, 0.29) is 11.3 Å². The van der Waals surface area contributed by atoms with E-state index in [1.165, 1.54) is 36.5 Å². The molecule has 0 aliphatic heterocycles. The van der Waals surface area contributed by atoms with Crippen LogP contribution >= 0.6 is 0 Å². The highest BCUT2D eigenvalue weighted by atomic mass is 19.4. The number of carbonyl (C=O) groups is 1. The molecular weight excluding hydrogens is 281 g/mol. The van der Waals surface area contributed by atoms with Gasteiger partial charge in [-0.2, -0.15) is 13.2 Å². The Labute approximate surface area is 120 Å². The van der Waals surface area contributed by atoms with E-state index in [1.54, 1.807) is 18.2 Å². The molecule has 110 valence electrons. The first-order valence-electron chi connectivity index (χ1n) is 6.21. The van der Waals surface area contributed by atoms with E-state index in [2.05, 4.69) is 4.98 Å². The molecule has 1 aromatic carbocycles. The molecule has 1 atom stereocenters. The van der Waals surface area contributed by atoms with Crippen molar-refractivity contribution in [3.05, 3.63) is 66.0 Å². The zero-order valence-corrected chi connectivity index (χ0v) is 11.2. The highest BCUT2D eigenvalue weighted by Crippen LogP contribution is 2.37. The fraction of sp³-hybridized carbons (Fsp3) is 0.200. The number of halogens is 3. The summed E-state index contributed by atoms with van der Waals surface area (Å²) in [5, 5.41) is 0. The summed E-state index contributed by atoms with van der Waals surface area (Å²) in [6.07, 6.45) is -3.20.